The Morgan fingerprint density at radius 1 is 1.33 bits per heavy atom. The Morgan fingerprint density at radius 2 is 2.17 bits per heavy atom. The second kappa shape index (κ2) is 6.02. The summed E-state index contributed by atoms with van der Waals surface area (Å²) in [6, 6.07) is 3.64. The first-order valence-electron chi connectivity index (χ1n) is 5.77. The predicted molar refractivity (Wildman–Crippen MR) is 68.7 cm³/mol. The molecule has 2 nitrogen and oxygen atoms in total. The molecular formula is C13H14F2N2S. The van der Waals surface area contributed by atoms with Gasteiger partial charge < -0.3 is 5.32 Å². The number of nitrogens with one attached hydrogen (secondary N) is 1. The fraction of sp³-hybridized carbons (Fsp3) is 0.308. The molecule has 0 aliphatic heterocycles. The number of hydrogen-bond acceptors (Lipinski definition) is 3. The molecule has 1 aromatic heterocycles. The first kappa shape index (κ1) is 13.1. The number of nitrogens with zero attached hydrogens (tertiary/aromatic N) is 1. The molecule has 0 fully saturated rings. The Bertz CT molecular complexity index is 525. The van der Waals surface area contributed by atoms with Crippen LogP contribution in [0.2, 0.25) is 0 Å². The fourth-order valence-electron chi connectivity index (χ4n) is 1.59. The molecule has 0 aliphatic rings. The predicted octanol–water partition coefficient (Wildman–Crippen LogP) is 3.12. The molecule has 0 unspecified atom stereocenters. The molecule has 0 aliphatic carbocycles. The fourth-order valence-corrected chi connectivity index (χ4v) is 2.50. The highest BCUT2D eigenvalue weighted by Gasteiger charge is 2.08. The van der Waals surface area contributed by atoms with Gasteiger partial charge in [0.05, 0.1) is 5.01 Å². The van der Waals surface area contributed by atoms with Crippen LogP contribution in [-0.4, -0.2) is 11.5 Å². The van der Waals surface area contributed by atoms with E-state index in [1.165, 1.54) is 12.1 Å². The van der Waals surface area contributed by atoms with Gasteiger partial charge >= 0.3 is 0 Å². The molecule has 5 heteroatoms. The van der Waals surface area contributed by atoms with Crippen LogP contribution in [0.1, 0.15) is 22.4 Å². The summed E-state index contributed by atoms with van der Waals surface area (Å²) < 4.78 is 26.2. The van der Waals surface area contributed by atoms with Crippen molar-refractivity contribution in [3.05, 3.63) is 51.5 Å². The largest absolute Gasteiger partial charge is 0.312 e. The van der Waals surface area contributed by atoms with Crippen LogP contribution in [0.5, 0.6) is 0 Å². The Labute approximate surface area is 109 Å². The minimum Gasteiger partial charge on any atom is -0.312 e. The van der Waals surface area contributed by atoms with Gasteiger partial charge in [-0.05, 0) is 18.2 Å². The molecule has 0 saturated carbocycles. The van der Waals surface area contributed by atoms with Crippen LogP contribution in [0.3, 0.4) is 0 Å². The van der Waals surface area contributed by atoms with E-state index in [1.807, 2.05) is 6.92 Å². The summed E-state index contributed by atoms with van der Waals surface area (Å²) in [5.41, 5.74) is 0.473. The summed E-state index contributed by atoms with van der Waals surface area (Å²) in [6.45, 7) is 3.72. The molecule has 18 heavy (non-hydrogen) atoms. The summed E-state index contributed by atoms with van der Waals surface area (Å²) in [4.78, 5) is 5.37. The van der Waals surface area contributed by atoms with Crippen LogP contribution in [-0.2, 0) is 13.0 Å². The monoisotopic (exact) mass is 268 g/mol. The van der Waals surface area contributed by atoms with E-state index in [9.17, 15) is 8.78 Å². The molecule has 1 aromatic carbocycles. The van der Waals surface area contributed by atoms with Crippen molar-refractivity contribution in [1.82, 2.24) is 10.3 Å². The van der Waals surface area contributed by atoms with Gasteiger partial charge in [-0.3, -0.25) is 0 Å². The lowest BCUT2D eigenvalue weighted by Crippen LogP contribution is -2.10. The zero-order chi connectivity index (χ0) is 13.0. The van der Waals surface area contributed by atoms with Gasteiger partial charge in [-0.1, -0.05) is 13.0 Å². The van der Waals surface area contributed by atoms with E-state index in [0.717, 1.165) is 29.0 Å². The first-order valence-corrected chi connectivity index (χ1v) is 6.59. The SMILES string of the molecule is CCNCc1cnc(Cc2ccc(F)cc2F)s1. The van der Waals surface area contributed by atoms with Crippen molar-refractivity contribution in [2.24, 2.45) is 0 Å². The van der Waals surface area contributed by atoms with Gasteiger partial charge in [-0.2, -0.15) is 0 Å². The van der Waals surface area contributed by atoms with Crippen LogP contribution in [0.25, 0.3) is 0 Å². The molecule has 0 spiro atoms. The molecule has 0 atom stereocenters. The number of rotatable bonds is 5. The lowest BCUT2D eigenvalue weighted by atomic mass is 10.1. The van der Waals surface area contributed by atoms with Gasteiger partial charge in [0.15, 0.2) is 0 Å². The van der Waals surface area contributed by atoms with Crippen molar-refractivity contribution in [3.8, 4) is 0 Å². The summed E-state index contributed by atoms with van der Waals surface area (Å²) in [5.74, 6) is -1.07. The highest BCUT2D eigenvalue weighted by Crippen LogP contribution is 2.19. The summed E-state index contributed by atoms with van der Waals surface area (Å²) in [7, 11) is 0. The topological polar surface area (TPSA) is 24.9 Å². The molecule has 0 radical (unpaired) electrons. The van der Waals surface area contributed by atoms with E-state index < -0.39 is 11.6 Å². The second-order valence-corrected chi connectivity index (χ2v) is 5.11. The van der Waals surface area contributed by atoms with E-state index in [4.69, 9.17) is 0 Å². The van der Waals surface area contributed by atoms with Crippen LogP contribution in [0, 0.1) is 11.6 Å². The lowest BCUT2D eigenvalue weighted by Gasteiger charge is -2.00. The van der Waals surface area contributed by atoms with Gasteiger partial charge in [0.25, 0.3) is 0 Å². The van der Waals surface area contributed by atoms with Crippen LogP contribution in [0.4, 0.5) is 8.78 Å². The summed E-state index contributed by atoms with van der Waals surface area (Å²) in [6.07, 6.45) is 2.20. The molecule has 2 aromatic rings. The zero-order valence-corrected chi connectivity index (χ0v) is 10.9. The number of hydrogen-bond donors (Lipinski definition) is 1. The van der Waals surface area contributed by atoms with Crippen LogP contribution in [0.15, 0.2) is 24.4 Å². The normalized spacial score (nSPS) is 10.8. The standard InChI is InChI=1S/C13H14F2N2S/c1-2-16-7-11-8-17-13(18-11)5-9-3-4-10(14)6-12(9)15/h3-4,6,8,16H,2,5,7H2,1H3. The molecule has 2 rings (SSSR count). The third kappa shape index (κ3) is 3.34. The average molecular weight is 268 g/mol. The summed E-state index contributed by atoms with van der Waals surface area (Å²) >= 11 is 1.55. The molecule has 1 N–H and O–H groups in total. The smallest absolute Gasteiger partial charge is 0.129 e. The third-order valence-electron chi connectivity index (χ3n) is 2.51. The molecule has 0 amide bonds. The van der Waals surface area contributed by atoms with E-state index in [2.05, 4.69) is 10.3 Å². The van der Waals surface area contributed by atoms with Crippen molar-refractivity contribution in [2.75, 3.05) is 6.54 Å². The van der Waals surface area contributed by atoms with Crippen molar-refractivity contribution in [2.45, 2.75) is 19.9 Å². The van der Waals surface area contributed by atoms with Crippen LogP contribution < -0.4 is 5.32 Å². The molecule has 96 valence electrons. The van der Waals surface area contributed by atoms with Gasteiger partial charge in [0, 0.05) is 30.1 Å². The lowest BCUT2D eigenvalue weighted by molar-refractivity contribution is 0.574. The number of thiazole rings is 1. The second-order valence-electron chi connectivity index (χ2n) is 3.91. The number of benzene rings is 1. The maximum atomic E-state index is 13.5. The Hall–Kier alpha value is -1.33. The minimum atomic E-state index is -0.553. The van der Waals surface area contributed by atoms with E-state index in [1.54, 1.807) is 17.5 Å². The van der Waals surface area contributed by atoms with Gasteiger partial charge in [0.2, 0.25) is 0 Å². The van der Waals surface area contributed by atoms with Gasteiger partial charge in [-0.15, -0.1) is 11.3 Å². The molecule has 0 saturated heterocycles. The van der Waals surface area contributed by atoms with Crippen molar-refractivity contribution in [3.63, 3.8) is 0 Å². The molecule has 1 heterocycles. The van der Waals surface area contributed by atoms with Gasteiger partial charge in [0.1, 0.15) is 11.6 Å². The maximum Gasteiger partial charge on any atom is 0.129 e. The van der Waals surface area contributed by atoms with Crippen molar-refractivity contribution < 1.29 is 8.78 Å². The average Bonchev–Trinajstić information content (AvgIpc) is 2.78. The maximum absolute atomic E-state index is 13.5. The first-order chi connectivity index (χ1) is 8.69. The zero-order valence-electron chi connectivity index (χ0n) is 10.0. The van der Waals surface area contributed by atoms with Crippen molar-refractivity contribution >= 4 is 11.3 Å². The quantitative estimate of drug-likeness (QED) is 0.901. The van der Waals surface area contributed by atoms with E-state index in [0.29, 0.717) is 12.0 Å². The molecular weight excluding hydrogens is 254 g/mol. The Balaban J connectivity index is 2.06. The molecule has 0 bridgehead atoms. The number of halogens is 2. The van der Waals surface area contributed by atoms with Crippen molar-refractivity contribution in [1.29, 1.82) is 0 Å². The van der Waals surface area contributed by atoms with E-state index in [-0.39, 0.29) is 0 Å². The summed E-state index contributed by atoms with van der Waals surface area (Å²) in [5, 5.41) is 4.05. The highest BCUT2D eigenvalue weighted by molar-refractivity contribution is 7.11. The van der Waals surface area contributed by atoms with Gasteiger partial charge in [-0.25, -0.2) is 13.8 Å². The van der Waals surface area contributed by atoms with Crippen LogP contribution >= 0.6 is 11.3 Å². The highest BCUT2D eigenvalue weighted by atomic mass is 32.1. The Morgan fingerprint density at radius 3 is 2.89 bits per heavy atom. The Kier molecular flexibility index (Phi) is 4.38. The number of aromatic nitrogens is 1. The minimum absolute atomic E-state index is 0.406. The third-order valence-corrected chi connectivity index (χ3v) is 3.50. The van der Waals surface area contributed by atoms with E-state index >= 15 is 0 Å².